The number of nitrogens with two attached hydrogens (primary N) is 1. The highest BCUT2D eigenvalue weighted by Gasteiger charge is 2.20. The number of halogens is 1. The van der Waals surface area contributed by atoms with E-state index in [0.717, 1.165) is 0 Å². The van der Waals surface area contributed by atoms with Crippen molar-refractivity contribution in [2.45, 2.75) is 38.8 Å². The fraction of sp³-hybridized carbons (Fsp3) is 0.429. The number of carboxylic acid groups (broad SMARTS) is 1. The third-order valence-electron chi connectivity index (χ3n) is 2.44. The van der Waals surface area contributed by atoms with Gasteiger partial charge in [0.05, 0.1) is 12.1 Å². The van der Waals surface area contributed by atoms with E-state index >= 15 is 0 Å². The third kappa shape index (κ3) is 6.01. The molecule has 0 bridgehead atoms. The van der Waals surface area contributed by atoms with Crippen molar-refractivity contribution in [1.29, 1.82) is 0 Å². The second-order valence-corrected chi connectivity index (χ2v) is 6.00. The van der Waals surface area contributed by atoms with Gasteiger partial charge in [-0.25, -0.2) is 4.79 Å². The number of benzene rings is 1. The lowest BCUT2D eigenvalue weighted by molar-refractivity contribution is -0.137. The fourth-order valence-electron chi connectivity index (χ4n) is 1.67. The fourth-order valence-corrected chi connectivity index (χ4v) is 1.84. The van der Waals surface area contributed by atoms with Crippen LogP contribution in [0.4, 0.5) is 10.5 Å². The van der Waals surface area contributed by atoms with Crippen LogP contribution in [-0.4, -0.2) is 22.8 Å². The zero-order valence-corrected chi connectivity index (χ0v) is 12.9. The third-order valence-corrected chi connectivity index (χ3v) is 2.68. The van der Waals surface area contributed by atoms with E-state index in [1.54, 1.807) is 32.9 Å². The molecule has 7 heteroatoms. The first-order chi connectivity index (χ1) is 9.58. The monoisotopic (exact) mass is 314 g/mol. The molecule has 0 saturated heterocycles. The van der Waals surface area contributed by atoms with Crippen molar-refractivity contribution in [3.05, 3.63) is 28.8 Å². The highest BCUT2D eigenvalue weighted by atomic mass is 35.5. The van der Waals surface area contributed by atoms with Crippen molar-refractivity contribution in [2.75, 3.05) is 5.32 Å². The quantitative estimate of drug-likeness (QED) is 0.792. The van der Waals surface area contributed by atoms with Crippen LogP contribution in [0.5, 0.6) is 0 Å². The summed E-state index contributed by atoms with van der Waals surface area (Å²) in [5.74, 6) is -1.03. The molecule has 0 aliphatic rings. The topological polar surface area (TPSA) is 102 Å². The number of amides is 1. The average molecular weight is 315 g/mol. The zero-order valence-electron chi connectivity index (χ0n) is 12.1. The molecule has 1 atom stereocenters. The van der Waals surface area contributed by atoms with E-state index in [2.05, 4.69) is 5.32 Å². The van der Waals surface area contributed by atoms with Gasteiger partial charge in [-0.15, -0.1) is 0 Å². The number of hydrogen-bond acceptors (Lipinski definition) is 4. The van der Waals surface area contributed by atoms with Crippen LogP contribution in [0.15, 0.2) is 18.2 Å². The zero-order chi connectivity index (χ0) is 16.2. The molecular formula is C14H19ClN2O4. The number of ether oxygens (including phenoxy) is 1. The Balaban J connectivity index is 2.97. The maximum Gasteiger partial charge on any atom is 0.412 e. The minimum absolute atomic E-state index is 0.259. The summed E-state index contributed by atoms with van der Waals surface area (Å²) >= 11 is 5.89. The smallest absolute Gasteiger partial charge is 0.412 e. The Morgan fingerprint density at radius 1 is 1.43 bits per heavy atom. The van der Waals surface area contributed by atoms with Gasteiger partial charge in [-0.3, -0.25) is 10.1 Å². The van der Waals surface area contributed by atoms with Gasteiger partial charge in [-0.2, -0.15) is 0 Å². The summed E-state index contributed by atoms with van der Waals surface area (Å²) in [5.41, 5.74) is 6.00. The van der Waals surface area contributed by atoms with Crippen LogP contribution in [0.2, 0.25) is 5.02 Å². The van der Waals surface area contributed by atoms with Gasteiger partial charge in [-0.1, -0.05) is 17.7 Å². The molecule has 0 saturated carbocycles. The lowest BCUT2D eigenvalue weighted by Crippen LogP contribution is -2.28. The van der Waals surface area contributed by atoms with Crippen LogP contribution in [0.1, 0.15) is 38.8 Å². The van der Waals surface area contributed by atoms with Gasteiger partial charge in [0.1, 0.15) is 5.60 Å². The maximum atomic E-state index is 11.8. The molecule has 0 heterocycles. The molecule has 0 aliphatic heterocycles. The molecule has 0 aliphatic carbocycles. The molecule has 1 unspecified atom stereocenters. The van der Waals surface area contributed by atoms with Crippen molar-refractivity contribution in [1.82, 2.24) is 0 Å². The molecule has 1 rings (SSSR count). The van der Waals surface area contributed by atoms with Crippen molar-refractivity contribution < 1.29 is 19.4 Å². The molecule has 1 aromatic rings. The van der Waals surface area contributed by atoms with Crippen LogP contribution in [0.25, 0.3) is 0 Å². The van der Waals surface area contributed by atoms with E-state index in [1.165, 1.54) is 6.07 Å². The first kappa shape index (κ1) is 17.3. The summed E-state index contributed by atoms with van der Waals surface area (Å²) in [6, 6.07) is 3.91. The summed E-state index contributed by atoms with van der Waals surface area (Å²) < 4.78 is 5.15. The standard InChI is InChI=1S/C14H19ClN2O4/c1-14(2,3)21-13(20)17-11-6-8(15)4-5-9(11)10(16)7-12(18)19/h4-6,10H,7,16H2,1-3H3,(H,17,20)(H,18,19). The number of carbonyl (C=O) groups excluding carboxylic acids is 1. The molecule has 1 amide bonds. The summed E-state index contributed by atoms with van der Waals surface area (Å²) in [5, 5.41) is 11.7. The Labute approximate surface area is 128 Å². The van der Waals surface area contributed by atoms with Gasteiger partial charge in [0, 0.05) is 11.1 Å². The summed E-state index contributed by atoms with van der Waals surface area (Å²) in [7, 11) is 0. The van der Waals surface area contributed by atoms with Gasteiger partial charge in [0.2, 0.25) is 0 Å². The molecule has 0 radical (unpaired) electrons. The Kier molecular flexibility index (Phi) is 5.57. The van der Waals surface area contributed by atoms with Gasteiger partial charge in [-0.05, 0) is 38.5 Å². The minimum atomic E-state index is -1.03. The van der Waals surface area contributed by atoms with Gasteiger partial charge < -0.3 is 15.6 Å². The molecule has 4 N–H and O–H groups in total. The normalized spacial score (nSPS) is 12.6. The highest BCUT2D eigenvalue weighted by Crippen LogP contribution is 2.27. The van der Waals surface area contributed by atoms with Gasteiger partial charge >= 0.3 is 12.1 Å². The van der Waals surface area contributed by atoms with Gasteiger partial charge in [0.25, 0.3) is 0 Å². The van der Waals surface area contributed by atoms with Crippen molar-refractivity contribution in [3.63, 3.8) is 0 Å². The average Bonchev–Trinajstić information content (AvgIpc) is 2.24. The Hall–Kier alpha value is -1.79. The minimum Gasteiger partial charge on any atom is -0.481 e. The summed E-state index contributed by atoms with van der Waals surface area (Å²) in [6.45, 7) is 5.21. The second kappa shape index (κ2) is 6.78. The predicted molar refractivity (Wildman–Crippen MR) is 80.5 cm³/mol. The molecule has 0 aromatic heterocycles. The predicted octanol–water partition coefficient (Wildman–Crippen LogP) is 3.16. The first-order valence-electron chi connectivity index (χ1n) is 6.35. The van der Waals surface area contributed by atoms with E-state index in [4.69, 9.17) is 27.2 Å². The van der Waals surface area contributed by atoms with Crippen LogP contribution in [0.3, 0.4) is 0 Å². The number of rotatable bonds is 4. The van der Waals surface area contributed by atoms with Crippen LogP contribution in [0, 0.1) is 0 Å². The van der Waals surface area contributed by atoms with E-state index in [1.807, 2.05) is 0 Å². The number of aliphatic carboxylic acids is 1. The summed E-state index contributed by atoms with van der Waals surface area (Å²) in [6.07, 6.45) is -0.918. The van der Waals surface area contributed by atoms with Crippen molar-refractivity contribution in [3.8, 4) is 0 Å². The van der Waals surface area contributed by atoms with E-state index in [-0.39, 0.29) is 6.42 Å². The van der Waals surface area contributed by atoms with E-state index in [9.17, 15) is 9.59 Å². The molecule has 0 fully saturated rings. The number of carbonyl (C=O) groups is 2. The molecule has 1 aromatic carbocycles. The highest BCUT2D eigenvalue weighted by molar-refractivity contribution is 6.31. The Morgan fingerprint density at radius 2 is 2.05 bits per heavy atom. The van der Waals surface area contributed by atoms with Gasteiger partial charge in [0.15, 0.2) is 0 Å². The molecular weight excluding hydrogens is 296 g/mol. The number of anilines is 1. The van der Waals surface area contributed by atoms with Crippen molar-refractivity contribution >= 4 is 29.4 Å². The molecule has 21 heavy (non-hydrogen) atoms. The second-order valence-electron chi connectivity index (χ2n) is 5.56. The van der Waals surface area contributed by atoms with Crippen LogP contribution < -0.4 is 11.1 Å². The summed E-state index contributed by atoms with van der Waals surface area (Å²) in [4.78, 5) is 22.6. The molecule has 0 spiro atoms. The number of nitrogens with one attached hydrogen (secondary N) is 1. The maximum absolute atomic E-state index is 11.8. The number of carboxylic acids is 1. The largest absolute Gasteiger partial charge is 0.481 e. The van der Waals surface area contributed by atoms with E-state index in [0.29, 0.717) is 16.3 Å². The first-order valence-corrected chi connectivity index (χ1v) is 6.73. The lowest BCUT2D eigenvalue weighted by atomic mass is 10.0. The molecule has 116 valence electrons. The SMILES string of the molecule is CC(C)(C)OC(=O)Nc1cc(Cl)ccc1C(N)CC(=O)O. The van der Waals surface area contributed by atoms with Crippen LogP contribution in [-0.2, 0) is 9.53 Å². The Morgan fingerprint density at radius 3 is 2.57 bits per heavy atom. The molecule has 6 nitrogen and oxygen atoms in total. The van der Waals surface area contributed by atoms with Crippen LogP contribution >= 0.6 is 11.6 Å². The van der Waals surface area contributed by atoms with Crippen molar-refractivity contribution in [2.24, 2.45) is 5.73 Å². The Bertz CT molecular complexity index is 540. The van der Waals surface area contributed by atoms with E-state index < -0.39 is 23.7 Å². The lowest BCUT2D eigenvalue weighted by Gasteiger charge is -2.21. The number of hydrogen-bond donors (Lipinski definition) is 3.